The molecule has 9 aromatic rings. The molecule has 0 bridgehead atoms. The van der Waals surface area contributed by atoms with Crippen LogP contribution in [0.3, 0.4) is 0 Å². The number of fused-ring (bicyclic) bond motifs is 6. The van der Waals surface area contributed by atoms with E-state index in [1.54, 1.807) is 0 Å². The zero-order valence-electron chi connectivity index (χ0n) is 26.7. The fourth-order valence-electron chi connectivity index (χ4n) is 6.99. The molecule has 0 saturated heterocycles. The van der Waals surface area contributed by atoms with Crippen molar-refractivity contribution in [1.29, 1.82) is 0 Å². The molecule has 4 heterocycles. The molecule has 0 radical (unpaired) electrons. The van der Waals surface area contributed by atoms with Crippen molar-refractivity contribution in [2.24, 2.45) is 9.98 Å². The number of hydrogen-bond acceptors (Lipinski definition) is 6. The van der Waals surface area contributed by atoms with Crippen molar-refractivity contribution in [3.8, 4) is 22.4 Å². The zero-order chi connectivity index (χ0) is 33.0. The third kappa shape index (κ3) is 4.80. The molecule has 0 aliphatic carbocycles. The summed E-state index contributed by atoms with van der Waals surface area (Å²) in [6.45, 7) is 0. The highest BCUT2D eigenvalue weighted by molar-refractivity contribution is 7.26. The molecule has 6 aromatic carbocycles. The highest BCUT2D eigenvalue weighted by Crippen LogP contribution is 2.42. The van der Waals surface area contributed by atoms with Crippen LogP contribution >= 0.6 is 11.3 Å². The molecule has 1 aliphatic heterocycles. The standard InChI is InChI=1S/C44H28N4OS/c1-3-10-28(11-4-1)42-46-43(29-12-5-2-6-13-29)48-44(47-42)30-20-18-27(19-21-30)40-39-35-26-31(22-23-36(35)49-37(39)24-25-45-40)32-15-9-16-34-33-14-7-8-17-38(33)50-41(32)34/h1-26,42H,(H,46,47,48). The lowest BCUT2D eigenvalue weighted by molar-refractivity contribution is 0.668. The Morgan fingerprint density at radius 1 is 0.580 bits per heavy atom. The first kappa shape index (κ1) is 28.6. The van der Waals surface area contributed by atoms with Crippen LogP contribution in [0.4, 0.5) is 0 Å². The highest BCUT2D eigenvalue weighted by atomic mass is 32.1. The first-order valence-corrected chi connectivity index (χ1v) is 17.4. The van der Waals surface area contributed by atoms with Crippen LogP contribution in [0.1, 0.15) is 22.9 Å². The predicted octanol–water partition coefficient (Wildman–Crippen LogP) is 11.2. The molecule has 0 spiro atoms. The van der Waals surface area contributed by atoms with E-state index in [1.165, 1.54) is 25.7 Å². The van der Waals surface area contributed by atoms with E-state index in [1.807, 2.05) is 60.0 Å². The van der Waals surface area contributed by atoms with Gasteiger partial charge in [0.05, 0.1) is 11.1 Å². The van der Waals surface area contributed by atoms with Crippen LogP contribution in [0.15, 0.2) is 172 Å². The van der Waals surface area contributed by atoms with Crippen LogP contribution in [0.25, 0.3) is 64.5 Å². The number of furan rings is 1. The van der Waals surface area contributed by atoms with Crippen molar-refractivity contribution in [2.45, 2.75) is 6.17 Å². The molecule has 3 aromatic heterocycles. The summed E-state index contributed by atoms with van der Waals surface area (Å²) in [5.41, 5.74) is 8.96. The Hall–Kier alpha value is -6.37. The normalized spacial score (nSPS) is 14.6. The van der Waals surface area contributed by atoms with E-state index < -0.39 is 0 Å². The van der Waals surface area contributed by atoms with E-state index in [0.29, 0.717) is 5.84 Å². The van der Waals surface area contributed by atoms with Gasteiger partial charge in [0.1, 0.15) is 23.2 Å². The van der Waals surface area contributed by atoms with Crippen LogP contribution in [-0.4, -0.2) is 16.7 Å². The van der Waals surface area contributed by atoms with Gasteiger partial charge in [-0.3, -0.25) is 4.98 Å². The van der Waals surface area contributed by atoms with Crippen molar-refractivity contribution < 1.29 is 4.42 Å². The van der Waals surface area contributed by atoms with Crippen LogP contribution < -0.4 is 5.32 Å². The summed E-state index contributed by atoms with van der Waals surface area (Å²) in [6.07, 6.45) is 1.57. The van der Waals surface area contributed by atoms with Gasteiger partial charge in [-0.25, -0.2) is 9.98 Å². The van der Waals surface area contributed by atoms with Gasteiger partial charge in [0.2, 0.25) is 0 Å². The molecule has 236 valence electrons. The summed E-state index contributed by atoms with van der Waals surface area (Å²) in [6, 6.07) is 52.6. The van der Waals surface area contributed by atoms with Gasteiger partial charge in [0.25, 0.3) is 0 Å². The number of nitrogens with one attached hydrogen (secondary N) is 1. The number of benzene rings is 6. The van der Waals surface area contributed by atoms with E-state index in [2.05, 4.69) is 115 Å². The number of pyridine rings is 1. The molecule has 5 nitrogen and oxygen atoms in total. The molecule has 1 atom stereocenters. The fourth-order valence-corrected chi connectivity index (χ4v) is 8.23. The van der Waals surface area contributed by atoms with Crippen molar-refractivity contribution in [3.05, 3.63) is 175 Å². The summed E-state index contributed by atoms with van der Waals surface area (Å²) >= 11 is 1.85. The molecule has 50 heavy (non-hydrogen) atoms. The quantitative estimate of drug-likeness (QED) is 0.200. The predicted molar refractivity (Wildman–Crippen MR) is 207 cm³/mol. The topological polar surface area (TPSA) is 62.8 Å². The Labute approximate surface area is 291 Å². The van der Waals surface area contributed by atoms with Gasteiger partial charge >= 0.3 is 0 Å². The SMILES string of the molecule is c1ccc(C2=NC(c3ccc(-c4nccc5oc6ccc(-c7cccc8c7sc7ccccc78)cc6c45)cc3)=NC(c3ccccc3)N2)cc1. The number of aliphatic imine (C=N–C) groups is 2. The third-order valence-electron chi connectivity index (χ3n) is 9.42. The number of rotatable bonds is 5. The minimum Gasteiger partial charge on any atom is -0.456 e. The maximum absolute atomic E-state index is 6.39. The first-order valence-electron chi connectivity index (χ1n) is 16.6. The van der Waals surface area contributed by atoms with E-state index in [0.717, 1.165) is 61.3 Å². The molecule has 10 rings (SSSR count). The Kier molecular flexibility index (Phi) is 6.67. The molecular formula is C44H28N4OS. The molecule has 1 unspecified atom stereocenters. The minimum atomic E-state index is -0.251. The van der Waals surface area contributed by atoms with E-state index >= 15 is 0 Å². The lowest BCUT2D eigenvalue weighted by Gasteiger charge is -2.23. The molecule has 1 aliphatic rings. The molecular weight excluding hydrogens is 633 g/mol. The second kappa shape index (κ2) is 11.7. The average molecular weight is 661 g/mol. The number of thiophene rings is 1. The summed E-state index contributed by atoms with van der Waals surface area (Å²) < 4.78 is 8.98. The van der Waals surface area contributed by atoms with Gasteiger partial charge in [-0.2, -0.15) is 0 Å². The highest BCUT2D eigenvalue weighted by Gasteiger charge is 2.22. The Bertz CT molecular complexity index is 2780. The Balaban J connectivity index is 1.06. The lowest BCUT2D eigenvalue weighted by atomic mass is 9.99. The maximum Gasteiger partial charge on any atom is 0.159 e. The number of nitrogens with zero attached hydrogens (tertiary/aromatic N) is 3. The molecule has 0 fully saturated rings. The number of hydrogen-bond donors (Lipinski definition) is 1. The Morgan fingerprint density at radius 3 is 2.18 bits per heavy atom. The second-order valence-electron chi connectivity index (χ2n) is 12.4. The first-order chi connectivity index (χ1) is 24.8. The van der Waals surface area contributed by atoms with Crippen molar-refractivity contribution >= 4 is 65.1 Å². The maximum atomic E-state index is 6.39. The zero-order valence-corrected chi connectivity index (χ0v) is 27.6. The smallest absolute Gasteiger partial charge is 0.159 e. The van der Waals surface area contributed by atoms with Crippen LogP contribution in [0, 0.1) is 0 Å². The summed E-state index contributed by atoms with van der Waals surface area (Å²) in [5.74, 6) is 1.48. The summed E-state index contributed by atoms with van der Waals surface area (Å²) in [5, 5.41) is 8.18. The molecule has 1 N–H and O–H groups in total. The third-order valence-corrected chi connectivity index (χ3v) is 10.6. The van der Waals surface area contributed by atoms with Gasteiger partial charge < -0.3 is 9.73 Å². The van der Waals surface area contributed by atoms with Crippen LogP contribution in [0.2, 0.25) is 0 Å². The van der Waals surface area contributed by atoms with Crippen molar-refractivity contribution in [3.63, 3.8) is 0 Å². The lowest BCUT2D eigenvalue weighted by Crippen LogP contribution is -2.33. The van der Waals surface area contributed by atoms with Crippen LogP contribution in [0.5, 0.6) is 0 Å². The monoisotopic (exact) mass is 660 g/mol. The largest absolute Gasteiger partial charge is 0.456 e. The molecule has 0 saturated carbocycles. The Morgan fingerprint density at radius 2 is 1.32 bits per heavy atom. The molecule has 6 heteroatoms. The van der Waals surface area contributed by atoms with Gasteiger partial charge in [0, 0.05) is 48.4 Å². The fraction of sp³-hybridized carbons (Fsp3) is 0.0227. The van der Waals surface area contributed by atoms with E-state index in [4.69, 9.17) is 19.4 Å². The number of amidine groups is 2. The molecule has 0 amide bonds. The van der Waals surface area contributed by atoms with Gasteiger partial charge in [-0.1, -0.05) is 127 Å². The summed E-state index contributed by atoms with van der Waals surface area (Å²) in [4.78, 5) is 14.9. The second-order valence-corrected chi connectivity index (χ2v) is 13.5. The van der Waals surface area contributed by atoms with E-state index in [9.17, 15) is 0 Å². The van der Waals surface area contributed by atoms with E-state index in [-0.39, 0.29) is 6.17 Å². The summed E-state index contributed by atoms with van der Waals surface area (Å²) in [7, 11) is 0. The number of aromatic nitrogens is 1. The van der Waals surface area contributed by atoms with Gasteiger partial charge in [-0.15, -0.1) is 11.3 Å². The van der Waals surface area contributed by atoms with Crippen molar-refractivity contribution in [2.75, 3.05) is 0 Å². The average Bonchev–Trinajstić information content (AvgIpc) is 3.77. The van der Waals surface area contributed by atoms with Gasteiger partial charge in [-0.05, 0) is 41.0 Å². The minimum absolute atomic E-state index is 0.251. The van der Waals surface area contributed by atoms with Crippen LogP contribution in [-0.2, 0) is 0 Å². The van der Waals surface area contributed by atoms with Crippen molar-refractivity contribution in [1.82, 2.24) is 10.3 Å². The van der Waals surface area contributed by atoms with Gasteiger partial charge in [0.15, 0.2) is 5.84 Å².